The third kappa shape index (κ3) is 6.03. The minimum Gasteiger partial charge on any atom is -0.363 e. The van der Waals surface area contributed by atoms with Crippen molar-refractivity contribution in [2.45, 2.75) is 74.2 Å². The number of hydrogen-bond acceptors (Lipinski definition) is 6. The van der Waals surface area contributed by atoms with Crippen LogP contribution in [0.5, 0.6) is 0 Å². The van der Waals surface area contributed by atoms with Crippen molar-refractivity contribution < 1.29 is 8.42 Å². The Bertz CT molecular complexity index is 902. The number of piperazine rings is 1. The SMILES string of the molecule is CCCC(CC)C1NC(C#N)C(=NCC2CCCS2)NC1c1ccc(S(C)(=O)=O)cc1. The summed E-state index contributed by atoms with van der Waals surface area (Å²) in [4.78, 5) is 5.14. The lowest BCUT2D eigenvalue weighted by atomic mass is 9.82. The highest BCUT2D eigenvalue weighted by Gasteiger charge is 2.38. The molecule has 5 unspecified atom stereocenters. The molecule has 8 heteroatoms. The maximum Gasteiger partial charge on any atom is 0.175 e. The minimum absolute atomic E-state index is 0.0651. The van der Waals surface area contributed by atoms with Gasteiger partial charge in [-0.2, -0.15) is 17.0 Å². The molecule has 0 aliphatic carbocycles. The molecular formula is C23H34N4O2S2. The maximum atomic E-state index is 11.9. The van der Waals surface area contributed by atoms with Crippen molar-refractivity contribution in [1.82, 2.24) is 10.6 Å². The van der Waals surface area contributed by atoms with E-state index in [2.05, 4.69) is 30.6 Å². The normalized spacial score (nSPS) is 28.8. The Morgan fingerprint density at radius 1 is 1.29 bits per heavy atom. The van der Waals surface area contributed by atoms with Gasteiger partial charge in [0.1, 0.15) is 5.84 Å². The van der Waals surface area contributed by atoms with E-state index in [9.17, 15) is 13.7 Å². The average molecular weight is 463 g/mol. The van der Waals surface area contributed by atoms with Gasteiger partial charge in [-0.3, -0.25) is 10.3 Å². The monoisotopic (exact) mass is 462 g/mol. The third-order valence-corrected chi connectivity index (χ3v) is 8.78. The molecule has 0 radical (unpaired) electrons. The number of aliphatic imine (C=N–C) groups is 1. The van der Waals surface area contributed by atoms with Gasteiger partial charge in [0.15, 0.2) is 15.9 Å². The first kappa shape index (κ1) is 24.1. The lowest BCUT2D eigenvalue weighted by Gasteiger charge is -2.42. The predicted octanol–water partition coefficient (Wildman–Crippen LogP) is 3.71. The zero-order valence-electron chi connectivity index (χ0n) is 18.7. The highest BCUT2D eigenvalue weighted by Crippen LogP contribution is 2.31. The number of amidine groups is 1. The Labute approximate surface area is 191 Å². The van der Waals surface area contributed by atoms with Crippen LogP contribution in [-0.2, 0) is 9.84 Å². The number of nitrogens with one attached hydrogen (secondary N) is 2. The van der Waals surface area contributed by atoms with Crippen molar-refractivity contribution in [3.8, 4) is 6.07 Å². The topological polar surface area (TPSA) is 94.3 Å². The standard InChI is InChI=1S/C23H34N4O2S2/c1-4-7-16(5-2)21-22(17-9-11-19(12-10-17)31(3,28)29)27-23(20(14-24)26-21)25-15-18-8-6-13-30-18/h9-12,16,18,20-22,26H,4-8,13,15H2,1-3H3,(H,25,27). The molecule has 0 saturated carbocycles. The van der Waals surface area contributed by atoms with Crippen molar-refractivity contribution >= 4 is 27.4 Å². The molecule has 5 atom stereocenters. The smallest absolute Gasteiger partial charge is 0.175 e. The molecular weight excluding hydrogens is 428 g/mol. The summed E-state index contributed by atoms with van der Waals surface area (Å²) >= 11 is 1.96. The maximum absolute atomic E-state index is 11.9. The van der Waals surface area contributed by atoms with Crippen LogP contribution < -0.4 is 10.6 Å². The number of sulfone groups is 1. The molecule has 2 fully saturated rings. The Balaban J connectivity index is 1.91. The molecule has 2 heterocycles. The first-order valence-electron chi connectivity index (χ1n) is 11.3. The Morgan fingerprint density at radius 3 is 2.58 bits per heavy atom. The van der Waals surface area contributed by atoms with Crippen LogP contribution in [0.4, 0.5) is 0 Å². The summed E-state index contributed by atoms with van der Waals surface area (Å²) in [6, 6.07) is 9.06. The predicted molar refractivity (Wildman–Crippen MR) is 128 cm³/mol. The number of benzene rings is 1. The molecule has 0 amide bonds. The molecule has 0 bridgehead atoms. The van der Waals surface area contributed by atoms with Crippen molar-refractivity contribution in [2.24, 2.45) is 10.9 Å². The zero-order chi connectivity index (χ0) is 22.4. The molecule has 0 aromatic heterocycles. The molecule has 2 aliphatic heterocycles. The van der Waals surface area contributed by atoms with Crippen LogP contribution in [0.15, 0.2) is 34.2 Å². The van der Waals surface area contributed by atoms with Crippen LogP contribution in [0.1, 0.15) is 57.6 Å². The van der Waals surface area contributed by atoms with E-state index in [0.29, 0.717) is 21.9 Å². The van der Waals surface area contributed by atoms with Gasteiger partial charge in [0, 0.05) is 17.5 Å². The fourth-order valence-corrected chi connectivity index (χ4v) is 6.36. The van der Waals surface area contributed by atoms with Gasteiger partial charge in [0.25, 0.3) is 0 Å². The van der Waals surface area contributed by atoms with Crippen LogP contribution in [0.3, 0.4) is 0 Å². The van der Waals surface area contributed by atoms with Crippen molar-refractivity contribution in [3.05, 3.63) is 29.8 Å². The summed E-state index contributed by atoms with van der Waals surface area (Å²) in [5.74, 6) is 2.30. The van der Waals surface area contributed by atoms with Crippen LogP contribution >= 0.6 is 11.8 Å². The summed E-state index contributed by atoms with van der Waals surface area (Å²) < 4.78 is 23.8. The number of thioether (sulfide) groups is 1. The van der Waals surface area contributed by atoms with Gasteiger partial charge >= 0.3 is 0 Å². The van der Waals surface area contributed by atoms with Crippen molar-refractivity contribution in [2.75, 3.05) is 18.6 Å². The number of nitrogens with zero attached hydrogens (tertiary/aromatic N) is 2. The van der Waals surface area contributed by atoms with Crippen LogP contribution in [0.2, 0.25) is 0 Å². The van der Waals surface area contributed by atoms with Crippen molar-refractivity contribution in [3.63, 3.8) is 0 Å². The van der Waals surface area contributed by atoms with E-state index < -0.39 is 15.9 Å². The van der Waals surface area contributed by atoms with E-state index in [4.69, 9.17) is 4.99 Å². The molecule has 2 N–H and O–H groups in total. The number of nitriles is 1. The van der Waals surface area contributed by atoms with Crippen molar-refractivity contribution in [1.29, 1.82) is 5.26 Å². The molecule has 31 heavy (non-hydrogen) atoms. The highest BCUT2D eigenvalue weighted by molar-refractivity contribution is 8.00. The number of rotatable bonds is 8. The Morgan fingerprint density at radius 2 is 2.03 bits per heavy atom. The van der Waals surface area contributed by atoms with Gasteiger partial charge in [0.05, 0.1) is 23.6 Å². The highest BCUT2D eigenvalue weighted by atomic mass is 32.2. The molecule has 6 nitrogen and oxygen atoms in total. The molecule has 3 rings (SSSR count). The van der Waals surface area contributed by atoms with E-state index in [1.165, 1.54) is 24.9 Å². The second-order valence-electron chi connectivity index (χ2n) is 8.54. The number of hydrogen-bond donors (Lipinski definition) is 2. The molecule has 2 aliphatic rings. The second kappa shape index (κ2) is 10.8. The van der Waals surface area contributed by atoms with Gasteiger partial charge in [-0.05, 0) is 48.6 Å². The lowest BCUT2D eigenvalue weighted by Crippen LogP contribution is -2.61. The summed E-state index contributed by atoms with van der Waals surface area (Å²) in [5.41, 5.74) is 1.01. The summed E-state index contributed by atoms with van der Waals surface area (Å²) in [7, 11) is -3.24. The molecule has 0 spiro atoms. The Hall–Kier alpha value is -1.56. The fourth-order valence-electron chi connectivity index (χ4n) is 4.55. The van der Waals surface area contributed by atoms with E-state index in [1.807, 2.05) is 23.9 Å². The second-order valence-corrected chi connectivity index (χ2v) is 12.0. The summed E-state index contributed by atoms with van der Waals surface area (Å²) in [6.07, 6.45) is 6.79. The van der Waals surface area contributed by atoms with E-state index in [-0.39, 0.29) is 12.1 Å². The molecule has 170 valence electrons. The quantitative estimate of drug-likeness (QED) is 0.612. The van der Waals surface area contributed by atoms with E-state index in [0.717, 1.165) is 31.4 Å². The minimum atomic E-state index is -3.24. The van der Waals surface area contributed by atoms with Crippen LogP contribution in [-0.4, -0.2) is 50.1 Å². The molecule has 2 saturated heterocycles. The van der Waals surface area contributed by atoms with Crippen LogP contribution in [0.25, 0.3) is 0 Å². The lowest BCUT2D eigenvalue weighted by molar-refractivity contribution is 0.253. The third-order valence-electron chi connectivity index (χ3n) is 6.27. The summed E-state index contributed by atoms with van der Waals surface area (Å²) in [5, 5.41) is 17.5. The van der Waals surface area contributed by atoms with Gasteiger partial charge < -0.3 is 5.32 Å². The van der Waals surface area contributed by atoms with Crippen LogP contribution in [0, 0.1) is 17.2 Å². The summed E-state index contributed by atoms with van der Waals surface area (Å²) in [6.45, 7) is 5.10. The average Bonchev–Trinajstić information content (AvgIpc) is 3.29. The van der Waals surface area contributed by atoms with E-state index in [1.54, 1.807) is 12.1 Å². The van der Waals surface area contributed by atoms with Gasteiger partial charge in [-0.15, -0.1) is 0 Å². The zero-order valence-corrected chi connectivity index (χ0v) is 20.3. The first-order valence-corrected chi connectivity index (χ1v) is 14.2. The fraction of sp³-hybridized carbons (Fsp3) is 0.652. The largest absolute Gasteiger partial charge is 0.363 e. The Kier molecular flexibility index (Phi) is 8.43. The van der Waals surface area contributed by atoms with Gasteiger partial charge in [-0.1, -0.05) is 38.8 Å². The molecule has 1 aromatic rings. The van der Waals surface area contributed by atoms with Gasteiger partial charge in [-0.25, -0.2) is 8.42 Å². The van der Waals surface area contributed by atoms with Gasteiger partial charge in [0.2, 0.25) is 0 Å². The first-order chi connectivity index (χ1) is 14.9. The van der Waals surface area contributed by atoms with E-state index >= 15 is 0 Å². The molecule has 1 aromatic carbocycles.